The molecule has 0 saturated carbocycles. The lowest BCUT2D eigenvalue weighted by molar-refractivity contribution is -0.122. The molecule has 0 aliphatic carbocycles. The number of nitrogens with one attached hydrogen (secondary N) is 2. The van der Waals surface area contributed by atoms with Crippen molar-refractivity contribution < 1.29 is 14.3 Å². The van der Waals surface area contributed by atoms with E-state index in [4.69, 9.17) is 4.74 Å². The Labute approximate surface area is 183 Å². The van der Waals surface area contributed by atoms with Gasteiger partial charge in [0.1, 0.15) is 11.8 Å². The summed E-state index contributed by atoms with van der Waals surface area (Å²) < 4.78 is 5.73. The first-order valence-corrected chi connectivity index (χ1v) is 10.5. The molecule has 1 atom stereocenters. The fourth-order valence-electron chi connectivity index (χ4n) is 3.19. The van der Waals surface area contributed by atoms with Gasteiger partial charge in [-0.25, -0.2) is 0 Å². The topological polar surface area (TPSA) is 67.4 Å². The van der Waals surface area contributed by atoms with Crippen molar-refractivity contribution in [3.8, 4) is 5.75 Å². The average Bonchev–Trinajstić information content (AvgIpc) is 2.79. The van der Waals surface area contributed by atoms with Gasteiger partial charge in [0.15, 0.2) is 0 Å². The average molecular weight is 417 g/mol. The molecule has 2 amide bonds. The van der Waals surface area contributed by atoms with Gasteiger partial charge in [0.25, 0.3) is 5.91 Å². The second kappa shape index (κ2) is 11.6. The maximum Gasteiger partial charge on any atom is 0.251 e. The third-order valence-electron chi connectivity index (χ3n) is 4.82. The first kappa shape index (κ1) is 22.1. The normalized spacial score (nSPS) is 11.4. The zero-order chi connectivity index (χ0) is 21.9. The molecule has 0 bridgehead atoms. The van der Waals surface area contributed by atoms with Gasteiger partial charge in [-0.05, 0) is 48.7 Å². The van der Waals surface area contributed by atoms with Crippen LogP contribution in [-0.2, 0) is 11.2 Å². The molecule has 31 heavy (non-hydrogen) atoms. The van der Waals surface area contributed by atoms with Gasteiger partial charge in [-0.2, -0.15) is 0 Å². The van der Waals surface area contributed by atoms with Gasteiger partial charge in [0.05, 0.1) is 6.61 Å². The lowest BCUT2D eigenvalue weighted by atomic mass is 10.0. The molecule has 3 aromatic carbocycles. The van der Waals surface area contributed by atoms with E-state index in [9.17, 15) is 9.59 Å². The van der Waals surface area contributed by atoms with Crippen molar-refractivity contribution in [2.24, 2.45) is 0 Å². The van der Waals surface area contributed by atoms with Gasteiger partial charge < -0.3 is 15.4 Å². The number of hydrogen-bond donors (Lipinski definition) is 2. The maximum atomic E-state index is 12.8. The van der Waals surface area contributed by atoms with Crippen LogP contribution >= 0.6 is 0 Å². The molecule has 2 N–H and O–H groups in total. The van der Waals surface area contributed by atoms with Crippen molar-refractivity contribution in [3.63, 3.8) is 0 Å². The monoisotopic (exact) mass is 416 g/mol. The second-order valence-electron chi connectivity index (χ2n) is 7.39. The van der Waals surface area contributed by atoms with Gasteiger partial charge in [-0.3, -0.25) is 9.59 Å². The number of carbonyl (C=O) groups is 2. The van der Waals surface area contributed by atoms with Crippen LogP contribution in [0.2, 0.25) is 0 Å². The first-order chi connectivity index (χ1) is 15.1. The van der Waals surface area contributed by atoms with Gasteiger partial charge in [-0.1, -0.05) is 60.7 Å². The van der Waals surface area contributed by atoms with Crippen LogP contribution in [0.5, 0.6) is 5.75 Å². The zero-order valence-electron chi connectivity index (χ0n) is 17.7. The summed E-state index contributed by atoms with van der Waals surface area (Å²) in [5, 5.41) is 5.80. The summed E-state index contributed by atoms with van der Waals surface area (Å²) in [5.74, 6) is 0.353. The summed E-state index contributed by atoms with van der Waals surface area (Å²) in [7, 11) is 0. The number of ether oxygens (including phenoxy) is 1. The molecule has 160 valence electrons. The third-order valence-corrected chi connectivity index (χ3v) is 4.82. The van der Waals surface area contributed by atoms with E-state index >= 15 is 0 Å². The molecule has 5 nitrogen and oxygen atoms in total. The van der Waals surface area contributed by atoms with Crippen molar-refractivity contribution in [1.82, 2.24) is 10.6 Å². The smallest absolute Gasteiger partial charge is 0.251 e. The summed E-state index contributed by atoms with van der Waals surface area (Å²) in [5.41, 5.74) is 2.66. The molecule has 0 aromatic heterocycles. The highest BCUT2D eigenvalue weighted by molar-refractivity contribution is 5.97. The van der Waals surface area contributed by atoms with E-state index in [-0.39, 0.29) is 11.8 Å². The SMILES string of the molecule is Cc1cccc(OCCCNC(=O)C(Cc2ccccc2)NC(=O)c2ccccc2)c1. The second-order valence-corrected chi connectivity index (χ2v) is 7.39. The molecular weight excluding hydrogens is 388 g/mol. The van der Waals surface area contributed by atoms with Crippen LogP contribution in [0, 0.1) is 6.92 Å². The standard InChI is InChI=1S/C26H28N2O3/c1-20-10-8-15-23(18-20)31-17-9-16-27-26(30)24(19-21-11-4-2-5-12-21)28-25(29)22-13-6-3-7-14-22/h2-8,10-15,18,24H,9,16-17,19H2,1H3,(H,27,30)(H,28,29). The van der Waals surface area contributed by atoms with E-state index in [1.807, 2.05) is 67.6 Å². The van der Waals surface area contributed by atoms with Crippen LogP contribution in [0.15, 0.2) is 84.9 Å². The van der Waals surface area contributed by atoms with Crippen LogP contribution < -0.4 is 15.4 Å². The minimum atomic E-state index is -0.659. The highest BCUT2D eigenvalue weighted by Crippen LogP contribution is 2.12. The number of rotatable bonds is 10. The van der Waals surface area contributed by atoms with Gasteiger partial charge >= 0.3 is 0 Å². The molecule has 0 radical (unpaired) electrons. The van der Waals surface area contributed by atoms with Gasteiger partial charge in [-0.15, -0.1) is 0 Å². The predicted molar refractivity (Wildman–Crippen MR) is 122 cm³/mol. The number of aryl methyl sites for hydroxylation is 1. The van der Waals surface area contributed by atoms with Gasteiger partial charge in [0, 0.05) is 18.5 Å². The highest BCUT2D eigenvalue weighted by atomic mass is 16.5. The summed E-state index contributed by atoms with van der Waals surface area (Å²) >= 11 is 0. The van der Waals surface area contributed by atoms with E-state index < -0.39 is 6.04 Å². The van der Waals surface area contributed by atoms with Crippen LogP contribution in [0.4, 0.5) is 0 Å². The van der Waals surface area contributed by atoms with Crippen molar-refractivity contribution in [1.29, 1.82) is 0 Å². The Hall–Kier alpha value is -3.60. The molecule has 5 heteroatoms. The first-order valence-electron chi connectivity index (χ1n) is 10.5. The summed E-state index contributed by atoms with van der Waals surface area (Å²) in [6.45, 7) is 2.99. The van der Waals surface area contributed by atoms with E-state index in [1.54, 1.807) is 24.3 Å². The lowest BCUT2D eigenvalue weighted by Crippen LogP contribution is -2.48. The predicted octanol–water partition coefficient (Wildman–Crippen LogP) is 3.92. The van der Waals surface area contributed by atoms with Crippen molar-refractivity contribution in [2.75, 3.05) is 13.2 Å². The summed E-state index contributed by atoms with van der Waals surface area (Å²) in [6.07, 6.45) is 1.09. The minimum Gasteiger partial charge on any atom is -0.494 e. The molecule has 0 fully saturated rings. The Balaban J connectivity index is 1.53. The van der Waals surface area contributed by atoms with Crippen LogP contribution in [0.25, 0.3) is 0 Å². The largest absolute Gasteiger partial charge is 0.494 e. The molecular formula is C26H28N2O3. The Kier molecular flexibility index (Phi) is 8.23. The number of benzene rings is 3. The molecule has 0 spiro atoms. The minimum absolute atomic E-state index is 0.205. The zero-order valence-corrected chi connectivity index (χ0v) is 17.7. The third kappa shape index (κ3) is 7.30. The van der Waals surface area contributed by atoms with E-state index in [0.717, 1.165) is 16.9 Å². The highest BCUT2D eigenvalue weighted by Gasteiger charge is 2.21. The van der Waals surface area contributed by atoms with Crippen molar-refractivity contribution in [2.45, 2.75) is 25.8 Å². The van der Waals surface area contributed by atoms with Crippen molar-refractivity contribution in [3.05, 3.63) is 102 Å². The van der Waals surface area contributed by atoms with Crippen LogP contribution in [-0.4, -0.2) is 31.0 Å². The lowest BCUT2D eigenvalue weighted by Gasteiger charge is -2.19. The number of carbonyl (C=O) groups excluding carboxylic acids is 2. The fourth-order valence-corrected chi connectivity index (χ4v) is 3.19. The molecule has 3 aromatic rings. The van der Waals surface area contributed by atoms with E-state index in [2.05, 4.69) is 10.6 Å². The number of hydrogen-bond acceptors (Lipinski definition) is 3. The Bertz CT molecular complexity index is 974. The van der Waals surface area contributed by atoms with E-state index in [0.29, 0.717) is 31.6 Å². The Morgan fingerprint density at radius 2 is 1.61 bits per heavy atom. The summed E-state index contributed by atoms with van der Waals surface area (Å²) in [6, 6.07) is 25.8. The maximum absolute atomic E-state index is 12.8. The molecule has 1 unspecified atom stereocenters. The quantitative estimate of drug-likeness (QED) is 0.492. The molecule has 0 aliphatic rings. The fraction of sp³-hybridized carbons (Fsp3) is 0.231. The molecule has 0 heterocycles. The Morgan fingerprint density at radius 1 is 0.903 bits per heavy atom. The van der Waals surface area contributed by atoms with Crippen LogP contribution in [0.3, 0.4) is 0 Å². The van der Waals surface area contributed by atoms with E-state index in [1.165, 1.54) is 0 Å². The van der Waals surface area contributed by atoms with Crippen molar-refractivity contribution >= 4 is 11.8 Å². The molecule has 3 rings (SSSR count). The Morgan fingerprint density at radius 3 is 2.32 bits per heavy atom. The molecule has 0 saturated heterocycles. The summed E-state index contributed by atoms with van der Waals surface area (Å²) in [4.78, 5) is 25.4. The molecule has 0 aliphatic heterocycles. The van der Waals surface area contributed by atoms with Crippen LogP contribution in [0.1, 0.15) is 27.9 Å². The number of amides is 2. The van der Waals surface area contributed by atoms with Gasteiger partial charge in [0.2, 0.25) is 5.91 Å².